The standard InChI is InChI=1S/C86H133N23O32/c1-42(2)35-54(73(128)93-43(3)68(123)101-53(85(140)141)14-8-30-91-86(89)90)102-72(127)50(24-27-65(117)118)97-71(126)51(25-28-66(119)120)99-79(134)62-18-12-34-109(62)84(139)58(41-112)105-69(124)44(4)94-74(129)55(37-67(121)122)103-75(130)56(39-110)96-63(114)38-92-77(132)59-15-9-31-106(59)81(136)45(5)95-70(125)49(23-26-64(115)116)98-78(133)61-17-11-33-108(61)83(138)52(13-6-7-29-87)100-76(131)57(40-111)104-80(135)60-16-10-32-107(60)82(137)48(88)36-46-19-21-47(113)22-20-46/h19-22,42-45,48-62,110-113H,6-18,23-41,87-88H2,1-5H3,(H,92,132)(H,93,128)(H,94,129)(H,95,125)(H,96,114)(H,97,126)(H,98,133)(H,99,134)(H,100,131)(H,101,123)(H,102,127)(H,103,130)(H,104,135)(H,105,124)(H,115,116)(H,117,118)(H,119,120)(H,121,122)(H,140,141)(H4,89,90,91)/t43-,44-,45-,48-,49-,50-,51-,52-,53-,54-,55-,56-,57-,58-,59-,60-,61-,62-/m0/s1. The summed E-state index contributed by atoms with van der Waals surface area (Å²) in [6.45, 7) is 2.46. The van der Waals surface area contributed by atoms with Gasteiger partial charge < -0.3 is 163 Å². The SMILES string of the molecule is CC(C)C[C@H](NC(=O)[C@H](CCC(=O)O)NC(=O)[C@H](CCC(=O)O)NC(=O)[C@@H]1CCCN1C(=O)[C@H](CO)NC(=O)[C@H](C)NC(=O)[C@H](CC(=O)O)NC(=O)[C@H](CO)NC(=O)CNC(=O)[C@@H]1CCCN1C(=O)[C@H](C)NC(=O)[C@H](CCC(=O)O)NC(=O)[C@@H]1CCCN1C(=O)[C@H](CCCCN)NC(=O)[C@H](CO)NC(=O)[C@@H]1CCCN1C(=O)[C@@H](N)Cc1ccc(O)cc1)C(=O)N[C@@H](C)C(=O)N[C@@H](CCCNC(=N)N)C(=O)O. The summed E-state index contributed by atoms with van der Waals surface area (Å²) in [7, 11) is 0. The van der Waals surface area contributed by atoms with Gasteiger partial charge in [-0.25, -0.2) is 4.79 Å². The van der Waals surface area contributed by atoms with Crippen molar-refractivity contribution in [2.45, 2.75) is 285 Å². The second-order valence-electron chi connectivity index (χ2n) is 35.0. The fourth-order valence-corrected chi connectivity index (χ4v) is 16.0. The van der Waals surface area contributed by atoms with Gasteiger partial charge in [-0.05, 0) is 167 Å². The number of benzene rings is 1. The summed E-state index contributed by atoms with van der Waals surface area (Å²) >= 11 is 0. The molecule has 784 valence electrons. The number of nitrogens with one attached hydrogen (secondary N) is 16. The number of phenolic OH excluding ortho intramolecular Hbond substituents is 1. The lowest BCUT2D eigenvalue weighted by Gasteiger charge is -2.31. The van der Waals surface area contributed by atoms with E-state index in [9.17, 15) is 156 Å². The number of aliphatic carboxylic acids is 5. The van der Waals surface area contributed by atoms with Crippen LogP contribution in [0.3, 0.4) is 0 Å². The molecule has 4 fully saturated rings. The Balaban J connectivity index is 1.16. The number of phenols is 1. The van der Waals surface area contributed by atoms with E-state index >= 15 is 0 Å². The van der Waals surface area contributed by atoms with Crippen LogP contribution >= 0.6 is 0 Å². The predicted molar refractivity (Wildman–Crippen MR) is 487 cm³/mol. The number of aliphatic hydroxyl groups excluding tert-OH is 3. The van der Waals surface area contributed by atoms with Crippen molar-refractivity contribution in [1.29, 1.82) is 5.41 Å². The van der Waals surface area contributed by atoms with Crippen LogP contribution in [0.1, 0.15) is 175 Å². The number of carboxylic acid groups (broad SMARTS) is 5. The van der Waals surface area contributed by atoms with E-state index in [0.29, 0.717) is 18.4 Å². The van der Waals surface area contributed by atoms with Gasteiger partial charge in [-0.2, -0.15) is 0 Å². The molecule has 4 aliphatic heterocycles. The molecule has 4 aliphatic rings. The molecule has 4 heterocycles. The van der Waals surface area contributed by atoms with Crippen molar-refractivity contribution in [3.63, 3.8) is 0 Å². The number of guanidine groups is 1. The first-order valence-electron chi connectivity index (χ1n) is 46.2. The van der Waals surface area contributed by atoms with E-state index in [1.807, 2.05) is 5.32 Å². The maximum absolute atomic E-state index is 14.5. The zero-order chi connectivity index (χ0) is 105. The van der Waals surface area contributed by atoms with Gasteiger partial charge in [0.05, 0.1) is 38.8 Å². The normalized spacial score (nSPS) is 18.4. The van der Waals surface area contributed by atoms with Gasteiger partial charge in [-0.15, -0.1) is 0 Å². The summed E-state index contributed by atoms with van der Waals surface area (Å²) in [5.74, 6) is -27.0. The van der Waals surface area contributed by atoms with Crippen molar-refractivity contribution in [2.24, 2.45) is 23.1 Å². The van der Waals surface area contributed by atoms with Crippen LogP contribution < -0.4 is 97.0 Å². The first kappa shape index (κ1) is 117. The summed E-state index contributed by atoms with van der Waals surface area (Å²) < 4.78 is 0. The lowest BCUT2D eigenvalue weighted by molar-refractivity contribution is -0.144. The second-order valence-corrected chi connectivity index (χ2v) is 35.0. The Labute approximate surface area is 808 Å². The molecule has 0 unspecified atom stereocenters. The van der Waals surface area contributed by atoms with Crippen LogP contribution in [0.25, 0.3) is 0 Å². The number of carbonyl (C=O) groups excluding carboxylic acids is 18. The van der Waals surface area contributed by atoms with Gasteiger partial charge in [0.15, 0.2) is 5.96 Å². The molecule has 4 saturated heterocycles. The van der Waals surface area contributed by atoms with Crippen molar-refractivity contribution >= 4 is 142 Å². The maximum atomic E-state index is 14.5. The van der Waals surface area contributed by atoms with Crippen molar-refractivity contribution in [3.05, 3.63) is 29.8 Å². The molecule has 1 aromatic rings. The van der Waals surface area contributed by atoms with Crippen LogP contribution in [0.2, 0.25) is 0 Å². The number of nitrogens with two attached hydrogens (primary N) is 3. The topological polar surface area (TPSA) is 870 Å². The van der Waals surface area contributed by atoms with Crippen LogP contribution in [0, 0.1) is 11.3 Å². The van der Waals surface area contributed by atoms with Crippen molar-refractivity contribution in [3.8, 4) is 5.75 Å². The number of aliphatic hydroxyl groups is 3. The Morgan fingerprint density at radius 3 is 1.18 bits per heavy atom. The van der Waals surface area contributed by atoms with Crippen molar-refractivity contribution < 1.29 is 156 Å². The molecule has 141 heavy (non-hydrogen) atoms. The number of nitrogens with zero attached hydrogens (tertiary/aromatic N) is 4. The van der Waals surface area contributed by atoms with Crippen molar-refractivity contribution in [1.82, 2.24) is 99.4 Å². The number of hydrogen-bond donors (Lipinski definition) is 28. The minimum Gasteiger partial charge on any atom is -0.508 e. The number of unbranched alkanes of at least 4 members (excludes halogenated alkanes) is 1. The third kappa shape index (κ3) is 37.9. The molecule has 1 aromatic carbocycles. The number of amides is 18. The fraction of sp³-hybridized carbons (Fsp3) is 0.651. The smallest absolute Gasteiger partial charge is 0.326 e. The highest BCUT2D eigenvalue weighted by Crippen LogP contribution is 2.26. The van der Waals surface area contributed by atoms with Gasteiger partial charge in [-0.3, -0.25) is 111 Å². The van der Waals surface area contributed by atoms with E-state index in [2.05, 4.69) is 74.4 Å². The summed E-state index contributed by atoms with van der Waals surface area (Å²) in [6.07, 6.45) is -3.94. The number of hydrogen-bond acceptors (Lipinski definition) is 30. The van der Waals surface area contributed by atoms with E-state index in [4.69, 9.17) is 22.6 Å². The lowest BCUT2D eigenvalue weighted by atomic mass is 10.0. The van der Waals surface area contributed by atoms with Gasteiger partial charge in [-0.1, -0.05) is 26.0 Å². The summed E-state index contributed by atoms with van der Waals surface area (Å²) in [6, 6.07) is -22.3. The number of aromatic hydroxyl groups is 1. The Hall–Kier alpha value is -14.1. The zero-order valence-electron chi connectivity index (χ0n) is 78.8. The highest BCUT2D eigenvalue weighted by Gasteiger charge is 2.46. The van der Waals surface area contributed by atoms with E-state index < -0.39 is 316 Å². The highest BCUT2D eigenvalue weighted by molar-refractivity contribution is 6.03. The van der Waals surface area contributed by atoms with E-state index in [1.54, 1.807) is 26.0 Å². The zero-order valence-corrected chi connectivity index (χ0v) is 78.8. The second kappa shape index (κ2) is 58.1. The van der Waals surface area contributed by atoms with E-state index in [-0.39, 0.29) is 140 Å². The molecular formula is C86H133N23O32. The average molecular weight is 2000 g/mol. The largest absolute Gasteiger partial charge is 0.508 e. The number of rotatable bonds is 59. The molecule has 0 aliphatic carbocycles. The number of likely N-dealkylation sites (tertiary alicyclic amines) is 4. The molecule has 0 aromatic heterocycles. The molecule has 0 spiro atoms. The van der Waals surface area contributed by atoms with Crippen LogP contribution in [0.4, 0.5) is 0 Å². The van der Waals surface area contributed by atoms with Crippen LogP contribution in [0.5, 0.6) is 5.75 Å². The average Bonchev–Trinajstić information content (AvgIpc) is 1.71. The quantitative estimate of drug-likeness (QED) is 0.0164. The molecule has 55 heteroatoms. The molecule has 18 amide bonds. The monoisotopic (exact) mass is 2000 g/mol. The fourth-order valence-electron chi connectivity index (χ4n) is 16.0. The Kier molecular flexibility index (Phi) is 48.4. The lowest BCUT2D eigenvalue weighted by Crippen LogP contribution is -2.61. The summed E-state index contributed by atoms with van der Waals surface area (Å²) in [4.78, 5) is 314. The molecule has 0 radical (unpaired) electrons. The maximum Gasteiger partial charge on any atom is 0.326 e. The van der Waals surface area contributed by atoms with Gasteiger partial charge in [0, 0.05) is 52.0 Å². The Morgan fingerprint density at radius 2 is 0.745 bits per heavy atom. The van der Waals surface area contributed by atoms with Crippen LogP contribution in [-0.2, 0) is 117 Å². The third-order valence-electron chi connectivity index (χ3n) is 23.5. The van der Waals surface area contributed by atoms with Gasteiger partial charge in [0.1, 0.15) is 108 Å². The van der Waals surface area contributed by atoms with Gasteiger partial charge in [0.25, 0.3) is 0 Å². The molecule has 0 saturated carbocycles. The molecule has 5 rings (SSSR count). The van der Waals surface area contributed by atoms with Crippen LogP contribution in [-0.4, -0.2) is 382 Å². The number of carbonyl (C=O) groups is 23. The molecular weight excluding hydrogens is 1870 g/mol. The third-order valence-corrected chi connectivity index (χ3v) is 23.5. The minimum absolute atomic E-state index is 0.00216. The summed E-state index contributed by atoms with van der Waals surface area (Å²) in [5.41, 5.74) is 17.9. The van der Waals surface area contributed by atoms with E-state index in [1.165, 1.54) is 30.9 Å². The minimum atomic E-state index is -2.10. The first-order valence-corrected chi connectivity index (χ1v) is 46.2. The molecule has 31 N–H and O–H groups in total. The molecule has 55 nitrogen and oxygen atoms in total. The van der Waals surface area contributed by atoms with E-state index in [0.717, 1.165) is 21.6 Å². The first-order chi connectivity index (χ1) is 66.5. The Bertz CT molecular complexity index is 4640. The van der Waals surface area contributed by atoms with Gasteiger partial charge in [0.2, 0.25) is 106 Å². The van der Waals surface area contributed by atoms with Gasteiger partial charge >= 0.3 is 29.8 Å². The molecule has 0 bridgehead atoms. The molecule has 18 atom stereocenters. The number of carboxylic acids is 5. The highest BCUT2D eigenvalue weighted by atomic mass is 16.4. The van der Waals surface area contributed by atoms with Crippen molar-refractivity contribution in [2.75, 3.05) is 65.6 Å². The Morgan fingerprint density at radius 1 is 0.383 bits per heavy atom. The van der Waals surface area contributed by atoms with Crippen LogP contribution in [0.15, 0.2) is 24.3 Å². The predicted octanol–water partition coefficient (Wildman–Crippen LogP) is -10.7. The summed E-state index contributed by atoms with van der Waals surface area (Å²) in [5, 5.41) is 131.